The molecule has 0 amide bonds. The van der Waals surface area contributed by atoms with Gasteiger partial charge in [0.05, 0.1) is 0 Å². The van der Waals surface area contributed by atoms with Crippen molar-refractivity contribution in [3.8, 4) is 0 Å². The minimum absolute atomic E-state index is 0.550. The van der Waals surface area contributed by atoms with Crippen LogP contribution < -0.4 is 0 Å². The van der Waals surface area contributed by atoms with E-state index in [0.717, 1.165) is 13.0 Å². The van der Waals surface area contributed by atoms with Gasteiger partial charge in [-0.2, -0.15) is 0 Å². The van der Waals surface area contributed by atoms with Gasteiger partial charge in [0.25, 0.3) is 0 Å². The van der Waals surface area contributed by atoms with Gasteiger partial charge in [-0.15, -0.1) is 0 Å². The third-order valence-corrected chi connectivity index (χ3v) is 23.2. The van der Waals surface area contributed by atoms with Crippen LogP contribution in [-0.4, -0.2) is 38.4 Å². The summed E-state index contributed by atoms with van der Waals surface area (Å²) in [7, 11) is -4.06. The lowest BCUT2D eigenvalue weighted by molar-refractivity contribution is 0.180. The Kier molecular flexibility index (Phi) is 13.8. The Morgan fingerprint density at radius 1 is 0.552 bits per heavy atom. The van der Waals surface area contributed by atoms with E-state index >= 15 is 0 Å². The number of hydrogen-bond donors (Lipinski definition) is 0. The van der Waals surface area contributed by atoms with E-state index in [1.165, 1.54) is 12.8 Å². The second-order valence-electron chi connectivity index (χ2n) is 10.7. The topological polar surface area (TPSA) is 27.7 Å². The highest BCUT2D eigenvalue weighted by Crippen LogP contribution is 2.46. The van der Waals surface area contributed by atoms with Crippen molar-refractivity contribution < 1.29 is 10.7 Å². The van der Waals surface area contributed by atoms with E-state index in [2.05, 4.69) is 90.0 Å². The Balaban J connectivity index is 6.01. The molecule has 0 aromatic carbocycles. The number of rotatable bonds is 15. The molecule has 0 rings (SSSR count). The first kappa shape index (κ1) is 29.8. The zero-order valence-corrected chi connectivity index (χ0v) is 25.2. The maximum Gasteiger partial charge on any atom is 0.883 e. The fourth-order valence-corrected chi connectivity index (χ4v) is 24.5. The summed E-state index contributed by atoms with van der Waals surface area (Å²) in [5, 5.41) is 0. The smallest absolute Gasteiger partial charge is 0.498 e. The molecule has 0 aliphatic rings. The molecule has 0 N–H and O–H groups in total. The third-order valence-electron chi connectivity index (χ3n) is 7.02. The molecule has 0 saturated carbocycles. The van der Waals surface area contributed by atoms with E-state index in [4.69, 9.17) is 10.7 Å². The molecule has 0 heterocycles. The van der Waals surface area contributed by atoms with Gasteiger partial charge in [-0.05, 0) is 39.7 Å². The van der Waals surface area contributed by atoms with E-state index in [9.17, 15) is 0 Å². The molecule has 174 valence electrons. The van der Waals surface area contributed by atoms with Gasteiger partial charge in [-0.1, -0.05) is 103 Å². The predicted octanol–water partition coefficient (Wildman–Crippen LogP) is 8.56. The molecule has 0 aromatic heterocycles. The Morgan fingerprint density at radius 3 is 1.10 bits per heavy atom. The molecule has 0 atom stereocenters. The molecule has 0 aliphatic carbocycles. The molecule has 6 heteroatoms. The van der Waals surface area contributed by atoms with Gasteiger partial charge in [0, 0.05) is 6.61 Å². The fourth-order valence-electron chi connectivity index (χ4n) is 5.77. The molecular formula is C23H53AlO3Si2. The minimum atomic E-state index is -2.24. The SMILES string of the molecule is CCCCC[O][Al]([O][Si](C(C)C)(C(C)C)C(C)C)[O][Si](C(C)C)(C(C)C)C(C)C. The third kappa shape index (κ3) is 7.44. The molecule has 0 fully saturated rings. The summed E-state index contributed by atoms with van der Waals surface area (Å²) >= 11 is -2.24. The largest absolute Gasteiger partial charge is 0.883 e. The van der Waals surface area contributed by atoms with Crippen molar-refractivity contribution in [2.75, 3.05) is 6.61 Å². The maximum atomic E-state index is 7.18. The fraction of sp³-hybridized carbons (Fsp3) is 1.00. The second-order valence-corrected chi connectivity index (χ2v) is 23.9. The molecule has 0 bridgehead atoms. The zero-order chi connectivity index (χ0) is 23.0. The highest BCUT2D eigenvalue weighted by molar-refractivity contribution is 6.85. The van der Waals surface area contributed by atoms with Crippen LogP contribution in [0.1, 0.15) is 109 Å². The van der Waals surface area contributed by atoms with Gasteiger partial charge in [0.15, 0.2) is 16.6 Å². The standard InChI is InChI=1S/2C9H21OSi.C5H11O.Al/c2*1-7(2)11(10,8(3)4)9(5)6;1-2-3-4-5-6;/h2*7-9H,1-6H3;2-5H2,1H3;/q3*-1;+3. The van der Waals surface area contributed by atoms with Crippen molar-refractivity contribution in [3.05, 3.63) is 0 Å². The van der Waals surface area contributed by atoms with E-state index in [-0.39, 0.29) is 0 Å². The number of unbranched alkanes of at least 4 members (excludes halogenated alkanes) is 2. The van der Waals surface area contributed by atoms with Crippen LogP contribution in [0.2, 0.25) is 33.2 Å². The van der Waals surface area contributed by atoms with E-state index < -0.39 is 31.8 Å². The molecule has 0 saturated heterocycles. The Labute approximate surface area is 191 Å². The lowest BCUT2D eigenvalue weighted by Gasteiger charge is -2.48. The van der Waals surface area contributed by atoms with Crippen LogP contribution >= 0.6 is 0 Å². The van der Waals surface area contributed by atoms with Crippen LogP contribution in [0.3, 0.4) is 0 Å². The van der Waals surface area contributed by atoms with Crippen molar-refractivity contribution in [3.63, 3.8) is 0 Å². The van der Waals surface area contributed by atoms with Crippen molar-refractivity contribution in [1.29, 1.82) is 0 Å². The van der Waals surface area contributed by atoms with Gasteiger partial charge in [-0.25, -0.2) is 0 Å². The summed E-state index contributed by atoms with van der Waals surface area (Å²) in [6.45, 7) is 31.3. The minimum Gasteiger partial charge on any atom is -0.498 e. The highest BCUT2D eigenvalue weighted by atomic mass is 28.4. The van der Waals surface area contributed by atoms with Crippen LogP contribution in [0.4, 0.5) is 0 Å². The zero-order valence-electron chi connectivity index (χ0n) is 22.1. The molecule has 3 nitrogen and oxygen atoms in total. The lowest BCUT2D eigenvalue weighted by Crippen LogP contribution is -2.58. The quantitative estimate of drug-likeness (QED) is 0.181. The maximum absolute atomic E-state index is 7.18. The molecule has 0 aromatic rings. The number of hydrogen-bond acceptors (Lipinski definition) is 3. The van der Waals surface area contributed by atoms with Crippen molar-refractivity contribution in [2.45, 2.75) is 143 Å². The Bertz CT molecular complexity index is 362. The summed E-state index contributed by atoms with van der Waals surface area (Å²) in [5.74, 6) is 0. The van der Waals surface area contributed by atoms with Gasteiger partial charge in [-0.3, -0.25) is 0 Å². The van der Waals surface area contributed by atoms with E-state index in [1.807, 2.05) is 0 Å². The van der Waals surface area contributed by atoms with Crippen LogP contribution in [0, 0.1) is 0 Å². The van der Waals surface area contributed by atoms with E-state index in [1.54, 1.807) is 0 Å². The Morgan fingerprint density at radius 2 is 0.862 bits per heavy atom. The highest BCUT2D eigenvalue weighted by Gasteiger charge is 2.55. The first-order chi connectivity index (χ1) is 13.3. The molecular weight excluding hydrogens is 407 g/mol. The Hall–Kier alpha value is 0.846. The van der Waals surface area contributed by atoms with Crippen molar-refractivity contribution >= 4 is 31.8 Å². The van der Waals surface area contributed by atoms with Gasteiger partial charge in [0.2, 0.25) is 0 Å². The van der Waals surface area contributed by atoms with Crippen LogP contribution in [0.5, 0.6) is 0 Å². The monoisotopic (exact) mass is 460 g/mol. The average Bonchev–Trinajstić information content (AvgIpc) is 2.58. The summed E-state index contributed by atoms with van der Waals surface area (Å²) in [4.78, 5) is 0. The molecule has 0 radical (unpaired) electrons. The van der Waals surface area contributed by atoms with Gasteiger partial charge < -0.3 is 10.7 Å². The summed E-state index contributed by atoms with van der Waals surface area (Å²) in [5.41, 5.74) is 3.30. The average molecular weight is 461 g/mol. The normalized spacial score (nSPS) is 13.8. The summed E-state index contributed by atoms with van der Waals surface area (Å²) < 4.78 is 20.9. The molecule has 0 spiro atoms. The molecule has 0 unspecified atom stereocenters. The summed E-state index contributed by atoms with van der Waals surface area (Å²) in [6, 6.07) is 0. The van der Waals surface area contributed by atoms with Crippen molar-refractivity contribution in [1.82, 2.24) is 0 Å². The van der Waals surface area contributed by atoms with E-state index in [0.29, 0.717) is 33.2 Å². The first-order valence-electron chi connectivity index (χ1n) is 12.3. The van der Waals surface area contributed by atoms with Gasteiger partial charge in [0.1, 0.15) is 0 Å². The molecule has 29 heavy (non-hydrogen) atoms. The second kappa shape index (κ2) is 13.4. The van der Waals surface area contributed by atoms with Crippen LogP contribution in [-0.2, 0) is 10.7 Å². The molecule has 0 aliphatic heterocycles. The van der Waals surface area contributed by atoms with Crippen LogP contribution in [0.25, 0.3) is 0 Å². The first-order valence-corrected chi connectivity index (χ1v) is 18.0. The summed E-state index contributed by atoms with van der Waals surface area (Å²) in [6.07, 6.45) is 3.53. The van der Waals surface area contributed by atoms with Crippen molar-refractivity contribution in [2.24, 2.45) is 0 Å². The van der Waals surface area contributed by atoms with Crippen LogP contribution in [0.15, 0.2) is 0 Å². The van der Waals surface area contributed by atoms with Gasteiger partial charge >= 0.3 is 15.1 Å². The predicted molar refractivity (Wildman–Crippen MR) is 135 cm³/mol. The lowest BCUT2D eigenvalue weighted by atomic mass is 10.3.